The molecule has 1 amide bonds. The van der Waals surface area contributed by atoms with Gasteiger partial charge in [-0.15, -0.1) is 11.3 Å². The fourth-order valence-electron chi connectivity index (χ4n) is 4.92. The molecular formula is C25H24ClN5O4S. The van der Waals surface area contributed by atoms with Crippen LogP contribution >= 0.6 is 22.9 Å². The summed E-state index contributed by atoms with van der Waals surface area (Å²) in [5, 5.41) is 13.5. The molecule has 36 heavy (non-hydrogen) atoms. The largest absolute Gasteiger partial charge is 0.478 e. The van der Waals surface area contributed by atoms with Gasteiger partial charge in [0.1, 0.15) is 12.0 Å². The summed E-state index contributed by atoms with van der Waals surface area (Å²) in [6, 6.07) is 10.7. The number of piperidine rings is 1. The maximum Gasteiger partial charge on any atom is 0.335 e. The minimum atomic E-state index is -1.03. The summed E-state index contributed by atoms with van der Waals surface area (Å²) in [4.78, 5) is 34.8. The van der Waals surface area contributed by atoms with Gasteiger partial charge in [-0.2, -0.15) is 0 Å². The molecule has 1 aliphatic heterocycles. The molecule has 4 heterocycles. The van der Waals surface area contributed by atoms with Gasteiger partial charge in [-0.1, -0.05) is 16.8 Å². The van der Waals surface area contributed by atoms with Gasteiger partial charge in [0.25, 0.3) is 0 Å². The molecule has 0 bridgehead atoms. The molecule has 11 heteroatoms. The molecule has 1 aromatic carbocycles. The fraction of sp³-hybridized carbons (Fsp3) is 0.360. The Morgan fingerprint density at radius 1 is 1.14 bits per heavy atom. The van der Waals surface area contributed by atoms with Gasteiger partial charge in [-0.25, -0.2) is 14.6 Å². The topological polar surface area (TPSA) is 105 Å². The zero-order valence-corrected chi connectivity index (χ0v) is 20.9. The van der Waals surface area contributed by atoms with Crippen molar-refractivity contribution >= 4 is 46.0 Å². The minimum Gasteiger partial charge on any atom is -0.478 e. The van der Waals surface area contributed by atoms with Gasteiger partial charge in [0.2, 0.25) is 0 Å². The van der Waals surface area contributed by atoms with E-state index in [4.69, 9.17) is 16.1 Å². The molecular weight excluding hydrogens is 502 g/mol. The van der Waals surface area contributed by atoms with Gasteiger partial charge in [0, 0.05) is 31.2 Å². The van der Waals surface area contributed by atoms with E-state index < -0.39 is 5.97 Å². The highest BCUT2D eigenvalue weighted by Gasteiger charge is 2.35. The van der Waals surface area contributed by atoms with Gasteiger partial charge in [-0.05, 0) is 56.0 Å². The van der Waals surface area contributed by atoms with Crippen LogP contribution in [-0.4, -0.2) is 66.8 Å². The molecule has 186 valence electrons. The summed E-state index contributed by atoms with van der Waals surface area (Å²) in [7, 11) is 0. The highest BCUT2D eigenvalue weighted by Crippen LogP contribution is 2.33. The van der Waals surface area contributed by atoms with Crippen molar-refractivity contribution < 1.29 is 19.2 Å². The van der Waals surface area contributed by atoms with Crippen molar-refractivity contribution in [3.05, 3.63) is 58.4 Å². The van der Waals surface area contributed by atoms with Crippen LogP contribution in [-0.2, 0) is 6.54 Å². The third kappa shape index (κ3) is 4.52. The Labute approximate surface area is 215 Å². The van der Waals surface area contributed by atoms with Gasteiger partial charge >= 0.3 is 12.0 Å². The molecule has 1 saturated heterocycles. The number of fused-ring (bicyclic) bond motifs is 1. The average molecular weight is 526 g/mol. The Morgan fingerprint density at radius 3 is 2.64 bits per heavy atom. The molecule has 4 aromatic rings. The average Bonchev–Trinajstić information content (AvgIpc) is 3.25. The number of imidazole rings is 1. The van der Waals surface area contributed by atoms with Crippen LogP contribution in [0.25, 0.3) is 21.6 Å². The zero-order valence-electron chi connectivity index (χ0n) is 19.3. The molecule has 3 aromatic heterocycles. The highest BCUT2D eigenvalue weighted by molar-refractivity contribution is 7.19. The number of carboxylic acids is 1. The molecule has 2 aliphatic rings. The van der Waals surface area contributed by atoms with E-state index in [1.807, 2.05) is 23.1 Å². The smallest absolute Gasteiger partial charge is 0.335 e. The normalized spacial score (nSPS) is 17.0. The van der Waals surface area contributed by atoms with Crippen molar-refractivity contribution in [1.82, 2.24) is 24.5 Å². The number of benzene rings is 1. The number of halogens is 1. The summed E-state index contributed by atoms with van der Waals surface area (Å²) in [5.74, 6) is -0.444. The first kappa shape index (κ1) is 23.2. The molecule has 0 radical (unpaired) electrons. The predicted octanol–water partition coefficient (Wildman–Crippen LogP) is 5.20. The Bertz CT molecular complexity index is 1430. The maximum atomic E-state index is 13.9. The van der Waals surface area contributed by atoms with E-state index >= 15 is 0 Å². The number of hydrogen-bond donors (Lipinski definition) is 1. The lowest BCUT2D eigenvalue weighted by Gasteiger charge is -2.38. The number of carbonyl (C=O) groups excluding carboxylic acids is 1. The Balaban J connectivity index is 1.29. The summed E-state index contributed by atoms with van der Waals surface area (Å²) in [6.45, 7) is 2.19. The Hall–Kier alpha value is -3.21. The van der Waals surface area contributed by atoms with E-state index in [0.29, 0.717) is 32.9 Å². The monoisotopic (exact) mass is 525 g/mol. The lowest BCUT2D eigenvalue weighted by Crippen LogP contribution is -2.48. The van der Waals surface area contributed by atoms with Crippen molar-refractivity contribution in [2.75, 3.05) is 13.1 Å². The van der Waals surface area contributed by atoms with E-state index in [1.165, 1.54) is 47.2 Å². The molecule has 1 N–H and O–H groups in total. The van der Waals surface area contributed by atoms with Crippen LogP contribution in [0.5, 0.6) is 0 Å². The molecule has 6 rings (SSSR count). The van der Waals surface area contributed by atoms with Gasteiger partial charge in [0.05, 0.1) is 32.4 Å². The van der Waals surface area contributed by atoms with Crippen LogP contribution in [0, 0.1) is 0 Å². The maximum absolute atomic E-state index is 13.9. The number of thiophene rings is 1. The van der Waals surface area contributed by atoms with E-state index in [2.05, 4.69) is 15.0 Å². The van der Waals surface area contributed by atoms with Crippen LogP contribution < -0.4 is 0 Å². The zero-order chi connectivity index (χ0) is 24.8. The van der Waals surface area contributed by atoms with Crippen molar-refractivity contribution in [2.24, 2.45) is 0 Å². The molecule has 1 aliphatic carbocycles. The van der Waals surface area contributed by atoms with Crippen molar-refractivity contribution in [1.29, 1.82) is 0 Å². The number of aromatic nitrogens is 3. The third-order valence-corrected chi connectivity index (χ3v) is 8.21. The quantitative estimate of drug-likeness (QED) is 0.369. The summed E-state index contributed by atoms with van der Waals surface area (Å²) in [6.07, 6.45) is 5.74. The number of rotatable bonds is 6. The first-order chi connectivity index (χ1) is 17.5. The van der Waals surface area contributed by atoms with Crippen LogP contribution in [0.15, 0.2) is 47.2 Å². The summed E-state index contributed by atoms with van der Waals surface area (Å²) < 4.78 is 7.80. The van der Waals surface area contributed by atoms with Crippen molar-refractivity contribution in [3.63, 3.8) is 0 Å². The second-order valence-electron chi connectivity index (χ2n) is 9.31. The van der Waals surface area contributed by atoms with E-state index in [1.54, 1.807) is 6.07 Å². The van der Waals surface area contributed by atoms with Crippen molar-refractivity contribution in [2.45, 2.75) is 44.3 Å². The first-order valence-electron chi connectivity index (χ1n) is 11.9. The second-order valence-corrected chi connectivity index (χ2v) is 11.0. The number of amides is 1. The van der Waals surface area contributed by atoms with E-state index in [-0.39, 0.29) is 24.2 Å². The SMILES string of the molecule is O=C(O)c1ccc2c(c1)ncn2C(=O)N(Cc1cc(-c2ccc(Cl)s2)no1)C1CCN(C2CC2)CC1. The lowest BCUT2D eigenvalue weighted by atomic mass is 10.0. The van der Waals surface area contributed by atoms with Gasteiger partial charge in [0.15, 0.2) is 5.76 Å². The third-order valence-electron chi connectivity index (χ3n) is 6.96. The fourth-order valence-corrected chi connectivity index (χ4v) is 5.91. The van der Waals surface area contributed by atoms with Crippen LogP contribution in [0.2, 0.25) is 4.34 Å². The second kappa shape index (κ2) is 9.34. The molecule has 0 unspecified atom stereocenters. The Morgan fingerprint density at radius 2 is 1.94 bits per heavy atom. The number of likely N-dealkylation sites (tertiary alicyclic amines) is 1. The van der Waals surface area contributed by atoms with Gasteiger partial charge < -0.3 is 19.4 Å². The molecule has 1 saturated carbocycles. The predicted molar refractivity (Wildman–Crippen MR) is 135 cm³/mol. The molecule has 0 atom stereocenters. The molecule has 9 nitrogen and oxygen atoms in total. The van der Waals surface area contributed by atoms with Crippen LogP contribution in [0.3, 0.4) is 0 Å². The number of hydrogen-bond acceptors (Lipinski definition) is 7. The first-order valence-corrected chi connectivity index (χ1v) is 13.1. The number of carboxylic acid groups (broad SMARTS) is 1. The summed E-state index contributed by atoms with van der Waals surface area (Å²) >= 11 is 7.50. The lowest BCUT2D eigenvalue weighted by molar-refractivity contribution is 0.0697. The number of nitrogens with zero attached hydrogens (tertiary/aromatic N) is 5. The van der Waals surface area contributed by atoms with Crippen molar-refractivity contribution in [3.8, 4) is 10.6 Å². The number of aromatic carboxylic acids is 1. The van der Waals surface area contributed by atoms with E-state index in [9.17, 15) is 14.7 Å². The van der Waals surface area contributed by atoms with Gasteiger partial charge in [-0.3, -0.25) is 4.57 Å². The molecule has 2 fully saturated rings. The molecule has 0 spiro atoms. The Kier molecular flexibility index (Phi) is 6.02. The van der Waals surface area contributed by atoms with Crippen LogP contribution in [0.1, 0.15) is 41.8 Å². The number of carbonyl (C=O) groups is 2. The summed E-state index contributed by atoms with van der Waals surface area (Å²) in [5.41, 5.74) is 1.85. The standard InChI is InChI=1S/C25H24ClN5O4S/c26-23-6-5-22(36-23)20-12-18(35-28-20)13-30(17-7-9-29(10-8-17)16-2-3-16)25(34)31-14-27-19-11-15(24(32)33)1-4-21(19)31/h1,4-6,11-12,14,16-17H,2-3,7-10,13H2,(H,32,33). The minimum absolute atomic E-state index is 0.0352. The highest BCUT2D eigenvalue weighted by atomic mass is 35.5. The van der Waals surface area contributed by atoms with Crippen LogP contribution in [0.4, 0.5) is 4.79 Å². The van der Waals surface area contributed by atoms with E-state index in [0.717, 1.165) is 30.8 Å².